The van der Waals surface area contributed by atoms with Gasteiger partial charge in [-0.05, 0) is 0 Å². The monoisotopic (exact) mass is 246 g/mol. The molecular formula is EuP3. The van der Waals surface area contributed by atoms with Crippen LogP contribution >= 0.6 is 5.76 Å². The minimum atomic E-state index is -1.38. The molecule has 4 heteroatoms. The van der Waals surface area contributed by atoms with Crippen LogP contribution in [0, 0.1) is 37.1 Å². The van der Waals surface area contributed by atoms with E-state index >= 15 is 0 Å². The van der Waals surface area contributed by atoms with Gasteiger partial charge in [0.25, 0.3) is 0 Å². The van der Waals surface area contributed by atoms with Crippen molar-refractivity contribution in [2.45, 2.75) is 0 Å². The van der Waals surface area contributed by atoms with Crippen molar-refractivity contribution in [3.05, 3.63) is 0 Å². The van der Waals surface area contributed by atoms with Crippen molar-refractivity contribution >= 4 is 5.76 Å². The molecule has 0 aliphatic heterocycles. The molecule has 0 fully saturated rings. The van der Waals surface area contributed by atoms with Crippen molar-refractivity contribution in [3.63, 3.8) is 0 Å². The molecule has 0 aliphatic carbocycles. The van der Waals surface area contributed by atoms with Crippen LogP contribution in [0.3, 0.4) is 0 Å². The molecule has 4 heavy (non-hydrogen) atoms. The van der Waals surface area contributed by atoms with E-state index in [4.69, 9.17) is 0 Å². The summed E-state index contributed by atoms with van der Waals surface area (Å²) in [5.74, 6) is 0. The van der Waals surface area contributed by atoms with E-state index in [-0.39, 0.29) is 0 Å². The standard InChI is InChI=1S/Eu.3P. The fourth-order valence-corrected chi connectivity index (χ4v) is 0. The van der Waals surface area contributed by atoms with E-state index in [2.05, 4.69) is 5.76 Å². The molecule has 0 aromatic heterocycles. The summed E-state index contributed by atoms with van der Waals surface area (Å²) >= 11 is -1.38. The molecule has 0 rings (SSSR count). The van der Waals surface area contributed by atoms with Crippen molar-refractivity contribution in [2.24, 2.45) is 0 Å². The SMILES string of the molecule is [P]#[Eu](#[P])#[P]. The van der Waals surface area contributed by atoms with Crippen molar-refractivity contribution < 1.29 is 37.1 Å². The molecule has 0 aliphatic rings. The van der Waals surface area contributed by atoms with Crippen LogP contribution in [0.4, 0.5) is 0 Å². The Bertz CT molecular complexity index is 219. The van der Waals surface area contributed by atoms with Gasteiger partial charge in [-0.15, -0.1) is 0 Å². The van der Waals surface area contributed by atoms with Gasteiger partial charge in [-0.2, -0.15) is 0 Å². The minimum absolute atomic E-state index is 1.38. The van der Waals surface area contributed by atoms with E-state index in [9.17, 15) is 0 Å². The zero-order chi connectivity index (χ0) is 3.58. The second kappa shape index (κ2) is 4.04. The van der Waals surface area contributed by atoms with Crippen molar-refractivity contribution in [1.82, 2.24) is 0 Å². The summed E-state index contributed by atoms with van der Waals surface area (Å²) in [6, 6.07) is 0. The Balaban J connectivity index is 6.97. The first-order valence-corrected chi connectivity index (χ1v) is 11.3. The predicted molar refractivity (Wildman–Crippen MR) is 20.8 cm³/mol. The average Bonchev–Trinajstić information content (AvgIpc) is 0.811. The van der Waals surface area contributed by atoms with Crippen molar-refractivity contribution in [2.75, 3.05) is 0 Å². The summed E-state index contributed by atoms with van der Waals surface area (Å²) in [4.78, 5) is 0. The van der Waals surface area contributed by atoms with E-state index in [1.165, 1.54) is 0 Å². The second-order valence-corrected chi connectivity index (χ2v) is 15.1. The average molecular weight is 245 g/mol. The number of hydrogen-bond donors (Lipinski definition) is 0. The molecule has 0 aromatic carbocycles. The van der Waals surface area contributed by atoms with Gasteiger partial charge in [-0.25, -0.2) is 0 Å². The summed E-state index contributed by atoms with van der Waals surface area (Å²) in [7, 11) is 0. The Kier molecular flexibility index (Phi) is 6.95. The summed E-state index contributed by atoms with van der Waals surface area (Å²) in [6.07, 6.45) is 0. The predicted octanol–water partition coefficient (Wildman–Crippen LogP) is 2.58. The molecule has 0 spiro atoms. The van der Waals surface area contributed by atoms with E-state index < -0.39 is 37.1 Å². The summed E-state index contributed by atoms with van der Waals surface area (Å²) in [5, 5.41) is 0. The van der Waals surface area contributed by atoms with Crippen LogP contribution < -0.4 is 0 Å². The van der Waals surface area contributed by atoms with Crippen LogP contribution in [0.1, 0.15) is 0 Å². The Morgan fingerprint density at radius 3 is 1.00 bits per heavy atom. The Labute approximate surface area is 41.4 Å². The van der Waals surface area contributed by atoms with Crippen LogP contribution in [0.2, 0.25) is 0 Å². The molecule has 0 radical (unpaired) electrons. The van der Waals surface area contributed by atoms with Crippen molar-refractivity contribution in [1.29, 1.82) is 0 Å². The fraction of sp³-hybridized carbons (Fsp3) is 0. The van der Waals surface area contributed by atoms with Gasteiger partial charge in [-0.1, -0.05) is 0 Å². The third-order valence-electron chi connectivity index (χ3n) is 0. The first-order chi connectivity index (χ1) is 1.73. The van der Waals surface area contributed by atoms with E-state index in [1.54, 1.807) is 0 Å². The molecular weight excluding hydrogens is 245 g/mol. The number of hydrogen-bond acceptors (Lipinski definition) is 0. The Hall–Kier alpha value is 2.87. The molecule has 0 nitrogen and oxygen atoms in total. The molecule has 0 atom stereocenters. The van der Waals surface area contributed by atoms with Crippen LogP contribution in [0.25, 0.3) is 0 Å². The number of rotatable bonds is 0. The van der Waals surface area contributed by atoms with Crippen LogP contribution in [0.5, 0.6) is 0 Å². The molecule has 22 valence electrons. The fourth-order valence-electron chi connectivity index (χ4n) is 0. The molecule has 0 saturated heterocycles. The summed E-state index contributed by atoms with van der Waals surface area (Å²) in [5.41, 5.74) is 0. The van der Waals surface area contributed by atoms with Gasteiger partial charge in [0.15, 0.2) is 0 Å². The van der Waals surface area contributed by atoms with Gasteiger partial charge < -0.3 is 0 Å². The first kappa shape index (κ1) is 6.87. The third kappa shape index (κ3) is 8.86. The zero-order valence-corrected chi connectivity index (χ0v) is 6.83. The molecule has 0 saturated carbocycles. The van der Waals surface area contributed by atoms with Gasteiger partial charge in [0.2, 0.25) is 0 Å². The van der Waals surface area contributed by atoms with E-state index in [1.807, 2.05) is 0 Å². The summed E-state index contributed by atoms with van der Waals surface area (Å²) in [6.45, 7) is 0. The Morgan fingerprint density at radius 1 is 1.00 bits per heavy atom. The molecule has 0 aromatic rings. The molecule has 0 amide bonds. The van der Waals surface area contributed by atoms with Gasteiger partial charge in [0.1, 0.15) is 0 Å². The quantitative estimate of drug-likeness (QED) is 0.575. The zero-order valence-electron chi connectivity index (χ0n) is 1.72. The molecule has 0 heterocycles. The Morgan fingerprint density at radius 2 is 1.00 bits per heavy atom. The van der Waals surface area contributed by atoms with Gasteiger partial charge >= 0.3 is 42.8 Å². The second-order valence-electron chi connectivity index (χ2n) is 0.227. The molecule has 0 N–H and O–H groups in total. The van der Waals surface area contributed by atoms with E-state index in [0.29, 0.717) is 0 Å². The first-order valence-electron chi connectivity index (χ1n) is 0.507. The maximum atomic E-state index is 3.88. The normalized spacial score (nSPS) is 3.00. The van der Waals surface area contributed by atoms with Gasteiger partial charge in [0.05, 0.1) is 0 Å². The van der Waals surface area contributed by atoms with Crippen LogP contribution in [0.15, 0.2) is 0 Å². The third-order valence-corrected chi connectivity index (χ3v) is 0. The van der Waals surface area contributed by atoms with Gasteiger partial charge in [-0.3, -0.25) is 0 Å². The maximum absolute atomic E-state index is 3.88. The topological polar surface area (TPSA) is 0 Å². The molecule has 0 bridgehead atoms. The van der Waals surface area contributed by atoms with Crippen molar-refractivity contribution in [3.8, 4) is 0 Å². The molecule has 0 unspecified atom stereocenters. The van der Waals surface area contributed by atoms with E-state index in [0.717, 1.165) is 0 Å². The van der Waals surface area contributed by atoms with Crippen LogP contribution in [-0.2, 0) is 0 Å². The van der Waals surface area contributed by atoms with Gasteiger partial charge in [0, 0.05) is 0 Å². The van der Waals surface area contributed by atoms with Crippen LogP contribution in [-0.4, -0.2) is 0 Å². The summed E-state index contributed by atoms with van der Waals surface area (Å²) < 4.78 is 11.6.